The number of methoxy groups -OCH3 is 1. The number of carbonyl (C=O) groups excluding carboxylic acids is 2. The molecule has 8 nitrogen and oxygen atoms in total. The minimum atomic E-state index is -0.810. The summed E-state index contributed by atoms with van der Waals surface area (Å²) < 4.78 is 16.4. The summed E-state index contributed by atoms with van der Waals surface area (Å²) in [6, 6.07) is 22.0. The van der Waals surface area contributed by atoms with Gasteiger partial charge in [-0.05, 0) is 36.8 Å². The molecule has 37 heavy (non-hydrogen) atoms. The highest BCUT2D eigenvalue weighted by Crippen LogP contribution is 2.43. The molecule has 4 rings (SSSR count). The summed E-state index contributed by atoms with van der Waals surface area (Å²) in [6.07, 6.45) is 1.49. The summed E-state index contributed by atoms with van der Waals surface area (Å²) in [7, 11) is 1.53. The summed E-state index contributed by atoms with van der Waals surface area (Å²) in [5, 5.41) is 16.7. The third kappa shape index (κ3) is 5.71. The number of nitrogens with one attached hydrogen (secondary N) is 2. The Kier molecular flexibility index (Phi) is 8.33. The van der Waals surface area contributed by atoms with Crippen molar-refractivity contribution in [1.29, 1.82) is 5.26 Å². The molecular formula is C28H25N3O5S. The normalized spacial score (nSPS) is 15.0. The molecule has 0 saturated carbocycles. The molecule has 1 aliphatic heterocycles. The van der Waals surface area contributed by atoms with E-state index in [1.807, 2.05) is 36.4 Å². The first-order valence-corrected chi connectivity index (χ1v) is 12.5. The van der Waals surface area contributed by atoms with Crippen LogP contribution in [0.4, 0.5) is 5.69 Å². The molecule has 2 heterocycles. The standard InChI is InChI=1S/C28H25N3O5S/c1-3-35-28(33)25-24(22-14-9-15-36-22)19(16-29)27(31-26(25)18-10-5-4-6-11-18)37-17-23(32)30-20-12-7-8-13-21(20)34-2/h4-15,24,31H,3,17H2,1-2H3,(H,30,32)/t24-/m1/s1. The Hall–Kier alpha value is -4.42. The van der Waals surface area contributed by atoms with Gasteiger partial charge in [-0.3, -0.25) is 4.79 Å². The zero-order chi connectivity index (χ0) is 26.2. The zero-order valence-corrected chi connectivity index (χ0v) is 21.1. The Morgan fingerprint density at radius 2 is 1.86 bits per heavy atom. The number of hydrogen-bond donors (Lipinski definition) is 2. The van der Waals surface area contributed by atoms with Crippen LogP contribution >= 0.6 is 11.8 Å². The van der Waals surface area contributed by atoms with Gasteiger partial charge in [0.15, 0.2) is 0 Å². The molecule has 3 aromatic rings. The molecule has 9 heteroatoms. The molecule has 1 atom stereocenters. The molecule has 0 fully saturated rings. The van der Waals surface area contributed by atoms with Crippen molar-refractivity contribution in [2.75, 3.05) is 24.8 Å². The molecule has 0 bridgehead atoms. The third-order valence-corrected chi connectivity index (χ3v) is 6.58. The van der Waals surface area contributed by atoms with Crippen LogP contribution in [0.3, 0.4) is 0 Å². The second-order valence-corrected chi connectivity index (χ2v) is 8.83. The first-order chi connectivity index (χ1) is 18.1. The lowest BCUT2D eigenvalue weighted by molar-refractivity contribution is -0.138. The first-order valence-electron chi connectivity index (χ1n) is 11.5. The molecule has 1 aliphatic rings. The number of hydrogen-bond acceptors (Lipinski definition) is 8. The highest BCUT2D eigenvalue weighted by atomic mass is 32.2. The molecule has 188 valence electrons. The lowest BCUT2D eigenvalue weighted by Gasteiger charge is -2.29. The summed E-state index contributed by atoms with van der Waals surface area (Å²) in [5.74, 6) is -0.674. The van der Waals surface area contributed by atoms with Crippen molar-refractivity contribution >= 4 is 35.0 Å². The molecule has 1 aromatic heterocycles. The number of furan rings is 1. The lowest BCUT2D eigenvalue weighted by Crippen LogP contribution is -2.29. The average molecular weight is 516 g/mol. The number of nitriles is 1. The van der Waals surface area contributed by atoms with Gasteiger partial charge < -0.3 is 24.5 Å². The molecule has 2 N–H and O–H groups in total. The van der Waals surface area contributed by atoms with Crippen molar-refractivity contribution in [3.63, 3.8) is 0 Å². The number of para-hydroxylation sites is 2. The number of anilines is 1. The number of rotatable bonds is 9. The maximum absolute atomic E-state index is 13.2. The fourth-order valence-corrected chi connectivity index (χ4v) is 4.81. The van der Waals surface area contributed by atoms with E-state index in [1.165, 1.54) is 13.4 Å². The minimum absolute atomic E-state index is 0.00719. The zero-order valence-electron chi connectivity index (χ0n) is 20.3. The number of benzene rings is 2. The maximum Gasteiger partial charge on any atom is 0.337 e. The van der Waals surface area contributed by atoms with E-state index in [0.717, 1.165) is 17.3 Å². The molecule has 0 aliphatic carbocycles. The fourth-order valence-electron chi connectivity index (χ4n) is 3.97. The van der Waals surface area contributed by atoms with Gasteiger partial charge in [-0.15, -0.1) is 0 Å². The van der Waals surface area contributed by atoms with Gasteiger partial charge >= 0.3 is 5.97 Å². The number of esters is 1. The van der Waals surface area contributed by atoms with Gasteiger partial charge in [0.25, 0.3) is 0 Å². The van der Waals surface area contributed by atoms with Crippen LogP contribution in [0.2, 0.25) is 0 Å². The Morgan fingerprint density at radius 1 is 1.11 bits per heavy atom. The van der Waals surface area contributed by atoms with Crippen molar-refractivity contribution < 1.29 is 23.5 Å². The molecule has 0 unspecified atom stereocenters. The average Bonchev–Trinajstić information content (AvgIpc) is 3.46. The van der Waals surface area contributed by atoms with Gasteiger partial charge in [-0.25, -0.2) is 4.79 Å². The van der Waals surface area contributed by atoms with E-state index in [4.69, 9.17) is 13.9 Å². The van der Waals surface area contributed by atoms with E-state index < -0.39 is 11.9 Å². The van der Waals surface area contributed by atoms with Gasteiger partial charge in [-0.1, -0.05) is 54.2 Å². The van der Waals surface area contributed by atoms with E-state index in [2.05, 4.69) is 16.7 Å². The summed E-state index contributed by atoms with van der Waals surface area (Å²) in [5.41, 5.74) is 2.29. The first kappa shape index (κ1) is 25.7. The third-order valence-electron chi connectivity index (χ3n) is 5.56. The largest absolute Gasteiger partial charge is 0.495 e. The number of thioether (sulfide) groups is 1. The minimum Gasteiger partial charge on any atom is -0.495 e. The van der Waals surface area contributed by atoms with Crippen LogP contribution in [0.15, 0.2) is 93.6 Å². The van der Waals surface area contributed by atoms with Crippen LogP contribution in [0, 0.1) is 11.3 Å². The van der Waals surface area contributed by atoms with Gasteiger partial charge in [0, 0.05) is 0 Å². The lowest BCUT2D eigenvalue weighted by atomic mass is 9.84. The predicted octanol–water partition coefficient (Wildman–Crippen LogP) is 5.06. The number of dihydropyridines is 1. The Morgan fingerprint density at radius 3 is 2.54 bits per heavy atom. The highest BCUT2D eigenvalue weighted by molar-refractivity contribution is 8.03. The number of nitrogens with zero attached hydrogens (tertiary/aromatic N) is 1. The van der Waals surface area contributed by atoms with E-state index in [9.17, 15) is 14.9 Å². The quantitative estimate of drug-likeness (QED) is 0.380. The Balaban J connectivity index is 1.71. The van der Waals surface area contributed by atoms with Crippen LogP contribution < -0.4 is 15.4 Å². The van der Waals surface area contributed by atoms with E-state index in [-0.39, 0.29) is 29.4 Å². The molecule has 0 saturated heterocycles. The van der Waals surface area contributed by atoms with Crippen LogP contribution in [-0.2, 0) is 14.3 Å². The Bertz CT molecular complexity index is 1370. The van der Waals surface area contributed by atoms with Gasteiger partial charge in [0.1, 0.15) is 11.5 Å². The molecule has 2 aromatic carbocycles. The van der Waals surface area contributed by atoms with Crippen molar-refractivity contribution in [3.8, 4) is 11.8 Å². The number of allylic oxidation sites excluding steroid dienone is 1. The van der Waals surface area contributed by atoms with Crippen molar-refractivity contribution in [2.45, 2.75) is 12.8 Å². The number of ether oxygens (including phenoxy) is 2. The van der Waals surface area contributed by atoms with Gasteiger partial charge in [-0.2, -0.15) is 5.26 Å². The second-order valence-electron chi connectivity index (χ2n) is 7.84. The van der Waals surface area contributed by atoms with Crippen LogP contribution in [-0.4, -0.2) is 31.3 Å². The predicted molar refractivity (Wildman–Crippen MR) is 141 cm³/mol. The molecule has 0 radical (unpaired) electrons. The van der Waals surface area contributed by atoms with Crippen LogP contribution in [0.5, 0.6) is 5.75 Å². The monoisotopic (exact) mass is 515 g/mol. The van der Waals surface area contributed by atoms with Gasteiger partial charge in [0.2, 0.25) is 5.91 Å². The molecule has 0 spiro atoms. The van der Waals surface area contributed by atoms with E-state index >= 15 is 0 Å². The van der Waals surface area contributed by atoms with Crippen molar-refractivity contribution in [2.24, 2.45) is 0 Å². The molecule has 1 amide bonds. The second kappa shape index (κ2) is 12.0. The summed E-state index contributed by atoms with van der Waals surface area (Å²) in [4.78, 5) is 26.0. The highest BCUT2D eigenvalue weighted by Gasteiger charge is 2.38. The van der Waals surface area contributed by atoms with Gasteiger partial charge in [0.05, 0.1) is 65.3 Å². The van der Waals surface area contributed by atoms with Crippen LogP contribution in [0.25, 0.3) is 5.70 Å². The van der Waals surface area contributed by atoms with Crippen molar-refractivity contribution in [3.05, 3.63) is 100 Å². The van der Waals surface area contributed by atoms with E-state index in [1.54, 1.807) is 37.3 Å². The van der Waals surface area contributed by atoms with E-state index in [0.29, 0.717) is 27.9 Å². The van der Waals surface area contributed by atoms with Crippen molar-refractivity contribution in [1.82, 2.24) is 5.32 Å². The summed E-state index contributed by atoms with van der Waals surface area (Å²) in [6.45, 7) is 1.90. The SMILES string of the molecule is CCOC(=O)C1=C(c2ccccc2)NC(SCC(=O)Nc2ccccc2OC)=C(C#N)[C@@H]1c1ccco1. The Labute approximate surface area is 218 Å². The maximum atomic E-state index is 13.2. The number of amides is 1. The fraction of sp³-hybridized carbons (Fsp3) is 0.179. The summed E-state index contributed by atoms with van der Waals surface area (Å²) >= 11 is 1.16. The topological polar surface area (TPSA) is 114 Å². The molecular weight excluding hydrogens is 490 g/mol. The smallest absolute Gasteiger partial charge is 0.337 e. The number of carbonyl (C=O) groups is 2. The van der Waals surface area contributed by atoms with Crippen LogP contribution in [0.1, 0.15) is 24.2 Å².